The van der Waals surface area contributed by atoms with Gasteiger partial charge >= 0.3 is 5.97 Å². The quantitative estimate of drug-likeness (QED) is 0.256. The van der Waals surface area contributed by atoms with E-state index in [1.807, 2.05) is 6.07 Å². The number of furan rings is 1. The highest BCUT2D eigenvalue weighted by Gasteiger charge is 2.42. The summed E-state index contributed by atoms with van der Waals surface area (Å²) in [5.74, 6) is -0.307. The summed E-state index contributed by atoms with van der Waals surface area (Å²) in [6, 6.07) is 16.8. The monoisotopic (exact) mass is 514 g/mol. The van der Waals surface area contributed by atoms with Crippen molar-refractivity contribution in [2.24, 2.45) is 0 Å². The Bertz CT molecular complexity index is 1450. The fraction of sp³-hybridized carbons (Fsp3) is 0.241. The number of nitrogens with one attached hydrogen (secondary N) is 1. The summed E-state index contributed by atoms with van der Waals surface area (Å²) in [7, 11) is 1.57. The third-order valence-corrected chi connectivity index (χ3v) is 6.94. The van der Waals surface area contributed by atoms with E-state index in [1.165, 1.54) is 12.1 Å². The van der Waals surface area contributed by atoms with Gasteiger partial charge in [-0.05, 0) is 48.7 Å². The molecule has 1 aliphatic carbocycles. The third-order valence-electron chi connectivity index (χ3n) is 6.94. The van der Waals surface area contributed by atoms with Crippen LogP contribution in [-0.2, 0) is 20.9 Å². The average molecular weight is 515 g/mol. The summed E-state index contributed by atoms with van der Waals surface area (Å²) < 4.78 is 16.4. The van der Waals surface area contributed by atoms with Gasteiger partial charge in [-0.2, -0.15) is 0 Å². The first-order valence-corrected chi connectivity index (χ1v) is 12.2. The Labute approximate surface area is 218 Å². The highest BCUT2D eigenvalue weighted by Crippen LogP contribution is 2.46. The van der Waals surface area contributed by atoms with Gasteiger partial charge in [0.25, 0.3) is 5.69 Å². The van der Waals surface area contributed by atoms with Gasteiger partial charge in [0, 0.05) is 47.4 Å². The van der Waals surface area contributed by atoms with Crippen molar-refractivity contribution in [3.63, 3.8) is 0 Å². The normalized spacial score (nSPS) is 19.1. The maximum atomic E-state index is 13.6. The molecule has 194 valence electrons. The summed E-state index contributed by atoms with van der Waals surface area (Å²) >= 11 is 0. The number of ether oxygens (including phenoxy) is 2. The van der Waals surface area contributed by atoms with Crippen LogP contribution < -0.4 is 10.1 Å². The maximum Gasteiger partial charge on any atom is 0.337 e. The number of Topliss-reactive ketones (excluding diaryl/α,β-unsaturated/α-hetero) is 1. The number of carbonyl (C=O) groups is 2. The number of non-ortho nitro benzene ring substituents is 1. The topological polar surface area (TPSA) is 121 Å². The minimum atomic E-state index is -0.806. The van der Waals surface area contributed by atoms with E-state index in [-0.39, 0.29) is 36.0 Å². The molecular weight excluding hydrogens is 488 g/mol. The average Bonchev–Trinajstić information content (AvgIpc) is 3.46. The lowest BCUT2D eigenvalue weighted by molar-refractivity contribution is -0.384. The van der Waals surface area contributed by atoms with Crippen LogP contribution in [-0.4, -0.2) is 23.8 Å². The number of hydrogen-bond donors (Lipinski definition) is 1. The van der Waals surface area contributed by atoms with E-state index < -0.39 is 16.8 Å². The van der Waals surface area contributed by atoms with E-state index in [0.29, 0.717) is 40.5 Å². The van der Waals surface area contributed by atoms with Gasteiger partial charge in [-0.1, -0.05) is 24.3 Å². The summed E-state index contributed by atoms with van der Waals surface area (Å²) in [5.41, 5.74) is 3.02. The fourth-order valence-corrected chi connectivity index (χ4v) is 5.13. The van der Waals surface area contributed by atoms with E-state index in [1.54, 1.807) is 62.8 Å². The van der Waals surface area contributed by atoms with Crippen LogP contribution in [0.3, 0.4) is 0 Å². The second kappa shape index (κ2) is 10.4. The Morgan fingerprint density at radius 3 is 2.61 bits per heavy atom. The summed E-state index contributed by atoms with van der Waals surface area (Å²) in [5, 5.41) is 14.8. The van der Waals surface area contributed by atoms with Crippen LogP contribution in [0.5, 0.6) is 5.75 Å². The SMILES string of the molecule is COc1ccc(COC(=O)C2=C(C)NC3=C(C(=O)C[C@@H](c4ccco4)C3)[C@H]2c2cccc([N+](=O)[O-])c2)cc1. The highest BCUT2D eigenvalue weighted by atomic mass is 16.6. The molecule has 1 aliphatic heterocycles. The standard InChI is InChI=1S/C29H26N2O7/c1-17-26(29(33)38-16-18-8-10-22(36-2)11-9-18)27(19-5-3-6-21(13-19)31(34)35)28-23(30-17)14-20(15-24(28)32)25-7-4-12-37-25/h3-13,20,27,30H,14-16H2,1-2H3/t20-,27-/m0/s1. The first-order valence-electron chi connectivity index (χ1n) is 12.2. The second-order valence-corrected chi connectivity index (χ2v) is 9.31. The lowest BCUT2D eigenvalue weighted by atomic mass is 9.72. The first-order chi connectivity index (χ1) is 18.4. The molecule has 9 nitrogen and oxygen atoms in total. The van der Waals surface area contributed by atoms with Crippen LogP contribution in [0.4, 0.5) is 5.69 Å². The molecule has 0 unspecified atom stereocenters. The Hall–Kier alpha value is -4.66. The predicted octanol–water partition coefficient (Wildman–Crippen LogP) is 5.30. The molecule has 0 saturated carbocycles. The lowest BCUT2D eigenvalue weighted by Crippen LogP contribution is -2.36. The molecule has 9 heteroatoms. The number of nitro groups is 1. The van der Waals surface area contributed by atoms with E-state index >= 15 is 0 Å². The molecule has 0 bridgehead atoms. The number of benzene rings is 2. The maximum absolute atomic E-state index is 13.6. The van der Waals surface area contributed by atoms with Crippen LogP contribution in [0.2, 0.25) is 0 Å². The molecule has 2 atom stereocenters. The third kappa shape index (κ3) is 4.82. The zero-order valence-corrected chi connectivity index (χ0v) is 20.9. The predicted molar refractivity (Wildman–Crippen MR) is 137 cm³/mol. The number of nitro benzene ring substituents is 1. The van der Waals surface area contributed by atoms with Crippen molar-refractivity contribution in [2.75, 3.05) is 7.11 Å². The van der Waals surface area contributed by atoms with Gasteiger partial charge in [0.2, 0.25) is 0 Å². The molecule has 2 heterocycles. The Balaban J connectivity index is 1.51. The molecule has 0 spiro atoms. The van der Waals surface area contributed by atoms with Crippen LogP contribution >= 0.6 is 0 Å². The fourth-order valence-electron chi connectivity index (χ4n) is 5.13. The first kappa shape index (κ1) is 25.0. The van der Waals surface area contributed by atoms with E-state index in [0.717, 1.165) is 5.56 Å². The molecule has 1 N–H and O–H groups in total. The summed E-state index contributed by atoms with van der Waals surface area (Å²) in [4.78, 5) is 38.1. The van der Waals surface area contributed by atoms with Crippen LogP contribution in [0.1, 0.15) is 48.5 Å². The zero-order chi connectivity index (χ0) is 26.8. The number of esters is 1. The minimum absolute atomic E-state index is 0.0156. The van der Waals surface area contributed by atoms with Gasteiger partial charge < -0.3 is 19.2 Å². The highest BCUT2D eigenvalue weighted by molar-refractivity contribution is 6.04. The van der Waals surface area contributed by atoms with Gasteiger partial charge in [0.05, 0.1) is 23.9 Å². The number of hydrogen-bond acceptors (Lipinski definition) is 8. The number of dihydropyridines is 1. The number of carbonyl (C=O) groups excluding carboxylic acids is 2. The van der Waals surface area contributed by atoms with Gasteiger partial charge in [-0.15, -0.1) is 0 Å². The van der Waals surface area contributed by atoms with Gasteiger partial charge in [0.15, 0.2) is 5.78 Å². The lowest BCUT2D eigenvalue weighted by Gasteiger charge is -2.36. The van der Waals surface area contributed by atoms with Crippen molar-refractivity contribution in [1.29, 1.82) is 0 Å². The Morgan fingerprint density at radius 1 is 1.13 bits per heavy atom. The van der Waals surface area contributed by atoms with Crippen LogP contribution in [0, 0.1) is 10.1 Å². The number of ketones is 1. The molecule has 5 rings (SSSR count). The van der Waals surface area contributed by atoms with Crippen LogP contribution in [0.25, 0.3) is 0 Å². The number of nitrogens with zero attached hydrogens (tertiary/aromatic N) is 1. The van der Waals surface area contributed by atoms with Crippen molar-refractivity contribution in [3.05, 3.63) is 116 Å². The molecule has 2 aromatic carbocycles. The molecule has 1 aromatic heterocycles. The van der Waals surface area contributed by atoms with Gasteiger partial charge in [-0.25, -0.2) is 4.79 Å². The zero-order valence-electron chi connectivity index (χ0n) is 20.9. The molecule has 38 heavy (non-hydrogen) atoms. The molecule has 0 saturated heterocycles. The smallest absolute Gasteiger partial charge is 0.337 e. The molecular formula is C29H26N2O7. The molecule has 2 aliphatic rings. The molecule has 0 amide bonds. The molecule has 0 fully saturated rings. The van der Waals surface area contributed by atoms with E-state index in [9.17, 15) is 19.7 Å². The number of allylic oxidation sites excluding steroid dienone is 3. The minimum Gasteiger partial charge on any atom is -0.497 e. The van der Waals surface area contributed by atoms with Crippen molar-refractivity contribution in [2.45, 2.75) is 38.2 Å². The molecule has 3 aromatic rings. The van der Waals surface area contributed by atoms with E-state index in [4.69, 9.17) is 13.9 Å². The number of rotatable bonds is 7. The van der Waals surface area contributed by atoms with Crippen LogP contribution in [0.15, 0.2) is 93.9 Å². The Kier molecular flexibility index (Phi) is 6.83. The number of methoxy groups -OCH3 is 1. The van der Waals surface area contributed by atoms with E-state index in [2.05, 4.69) is 5.32 Å². The largest absolute Gasteiger partial charge is 0.497 e. The summed E-state index contributed by atoms with van der Waals surface area (Å²) in [6.07, 6.45) is 2.28. The second-order valence-electron chi connectivity index (χ2n) is 9.31. The summed E-state index contributed by atoms with van der Waals surface area (Å²) in [6.45, 7) is 1.76. The van der Waals surface area contributed by atoms with Crippen molar-refractivity contribution < 1.29 is 28.4 Å². The van der Waals surface area contributed by atoms with Crippen molar-refractivity contribution >= 4 is 17.4 Å². The van der Waals surface area contributed by atoms with Gasteiger partial charge in [-0.3, -0.25) is 14.9 Å². The van der Waals surface area contributed by atoms with Gasteiger partial charge in [0.1, 0.15) is 18.1 Å². The van der Waals surface area contributed by atoms with Crippen molar-refractivity contribution in [3.8, 4) is 5.75 Å². The Morgan fingerprint density at radius 2 is 1.92 bits per heavy atom. The molecule has 0 radical (unpaired) electrons. The van der Waals surface area contributed by atoms with Crippen molar-refractivity contribution in [1.82, 2.24) is 5.32 Å².